The van der Waals surface area contributed by atoms with E-state index in [4.69, 9.17) is 4.74 Å². The Morgan fingerprint density at radius 2 is 1.84 bits per heavy atom. The van der Waals surface area contributed by atoms with Crippen LogP contribution in [0.5, 0.6) is 5.75 Å². The lowest BCUT2D eigenvalue weighted by Gasteiger charge is -2.34. The van der Waals surface area contributed by atoms with Crippen LogP contribution in [0.25, 0.3) is 0 Å². The molecule has 1 N–H and O–H groups in total. The summed E-state index contributed by atoms with van der Waals surface area (Å²) in [5, 5.41) is 2.63. The predicted octanol–water partition coefficient (Wildman–Crippen LogP) is 0.761. The summed E-state index contributed by atoms with van der Waals surface area (Å²) in [6.45, 7) is 4.22. The van der Waals surface area contributed by atoms with Gasteiger partial charge in [-0.2, -0.15) is 4.31 Å². The summed E-state index contributed by atoms with van der Waals surface area (Å²) in [5.41, 5.74) is 0.837. The van der Waals surface area contributed by atoms with E-state index in [1.54, 1.807) is 30.0 Å². The van der Waals surface area contributed by atoms with Gasteiger partial charge >= 0.3 is 0 Å². The van der Waals surface area contributed by atoms with E-state index < -0.39 is 10.0 Å². The first-order valence-electron chi connectivity index (χ1n) is 8.01. The van der Waals surface area contributed by atoms with Crippen LogP contribution in [-0.4, -0.2) is 68.5 Å². The maximum absolute atomic E-state index is 12.7. The van der Waals surface area contributed by atoms with Gasteiger partial charge < -0.3 is 15.0 Å². The highest BCUT2D eigenvalue weighted by atomic mass is 32.2. The number of nitrogens with one attached hydrogen (secondary N) is 1. The minimum Gasteiger partial charge on any atom is -0.495 e. The van der Waals surface area contributed by atoms with E-state index in [0.29, 0.717) is 30.1 Å². The van der Waals surface area contributed by atoms with Crippen molar-refractivity contribution in [3.05, 3.63) is 23.8 Å². The van der Waals surface area contributed by atoms with E-state index in [2.05, 4.69) is 5.32 Å². The number of benzene rings is 1. The molecule has 1 aromatic carbocycles. The number of piperazine rings is 1. The summed E-state index contributed by atoms with van der Waals surface area (Å²) in [4.78, 5) is 25.6. The Hall–Kier alpha value is -2.13. The van der Waals surface area contributed by atoms with Crippen LogP contribution in [0.3, 0.4) is 0 Å². The molecule has 25 heavy (non-hydrogen) atoms. The van der Waals surface area contributed by atoms with Crippen molar-refractivity contribution in [1.82, 2.24) is 9.21 Å². The zero-order chi connectivity index (χ0) is 18.6. The van der Waals surface area contributed by atoms with Crippen LogP contribution < -0.4 is 10.1 Å². The molecule has 1 saturated heterocycles. The van der Waals surface area contributed by atoms with Crippen molar-refractivity contribution in [3.8, 4) is 5.75 Å². The SMILES string of the molecule is CCS(=O)(=O)N1CCN(C(=O)c2ccc(OC)c(NC(C)=O)c2)CC1. The molecule has 0 radical (unpaired) electrons. The molecule has 0 unspecified atom stereocenters. The molecule has 0 spiro atoms. The number of carbonyl (C=O) groups is 2. The van der Waals surface area contributed by atoms with Crippen LogP contribution in [0.4, 0.5) is 5.69 Å². The molecule has 1 aliphatic heterocycles. The average molecular weight is 369 g/mol. The van der Waals surface area contributed by atoms with Crippen LogP contribution in [0, 0.1) is 0 Å². The van der Waals surface area contributed by atoms with Crippen molar-refractivity contribution >= 4 is 27.5 Å². The van der Waals surface area contributed by atoms with Crippen molar-refractivity contribution in [3.63, 3.8) is 0 Å². The Bertz CT molecular complexity index is 755. The van der Waals surface area contributed by atoms with E-state index in [-0.39, 0.29) is 30.7 Å². The number of carbonyl (C=O) groups excluding carboxylic acids is 2. The summed E-state index contributed by atoms with van der Waals surface area (Å²) in [5.74, 6) is 0.0502. The van der Waals surface area contributed by atoms with Gasteiger partial charge in [-0.25, -0.2) is 8.42 Å². The Morgan fingerprint density at radius 1 is 1.20 bits per heavy atom. The second-order valence-corrected chi connectivity index (χ2v) is 7.95. The van der Waals surface area contributed by atoms with E-state index >= 15 is 0 Å². The van der Waals surface area contributed by atoms with Gasteiger partial charge in [0.25, 0.3) is 5.91 Å². The number of methoxy groups -OCH3 is 1. The fourth-order valence-corrected chi connectivity index (χ4v) is 3.75. The van der Waals surface area contributed by atoms with Gasteiger partial charge in [-0.1, -0.05) is 0 Å². The van der Waals surface area contributed by atoms with Gasteiger partial charge in [-0.3, -0.25) is 9.59 Å². The molecule has 0 aromatic heterocycles. The largest absolute Gasteiger partial charge is 0.495 e. The van der Waals surface area contributed by atoms with E-state index in [1.807, 2.05) is 0 Å². The standard InChI is InChI=1S/C16H23N3O5S/c1-4-25(22,23)19-9-7-18(8-10-19)16(21)13-5-6-15(24-3)14(11-13)17-12(2)20/h5-6,11H,4,7-10H2,1-3H3,(H,17,20). The number of amides is 2. The van der Waals surface area contributed by atoms with Crippen LogP contribution in [0.1, 0.15) is 24.2 Å². The van der Waals surface area contributed by atoms with E-state index in [9.17, 15) is 18.0 Å². The molecular weight excluding hydrogens is 346 g/mol. The summed E-state index contributed by atoms with van der Waals surface area (Å²) in [6, 6.07) is 4.82. The molecule has 1 fully saturated rings. The summed E-state index contributed by atoms with van der Waals surface area (Å²) in [6.07, 6.45) is 0. The van der Waals surface area contributed by atoms with E-state index in [1.165, 1.54) is 18.3 Å². The Morgan fingerprint density at radius 3 is 2.36 bits per heavy atom. The number of nitrogens with zero attached hydrogens (tertiary/aromatic N) is 2. The zero-order valence-electron chi connectivity index (χ0n) is 14.6. The molecule has 8 nitrogen and oxygen atoms in total. The van der Waals surface area contributed by atoms with Gasteiger partial charge in [0.15, 0.2) is 0 Å². The monoisotopic (exact) mass is 369 g/mol. The van der Waals surface area contributed by atoms with Crippen molar-refractivity contribution in [2.75, 3.05) is 44.4 Å². The maximum Gasteiger partial charge on any atom is 0.254 e. The third-order valence-electron chi connectivity index (χ3n) is 4.04. The van der Waals surface area contributed by atoms with Crippen LogP contribution >= 0.6 is 0 Å². The fourth-order valence-electron chi connectivity index (χ4n) is 2.66. The third-order valence-corrected chi connectivity index (χ3v) is 5.92. The fraction of sp³-hybridized carbons (Fsp3) is 0.500. The van der Waals surface area contributed by atoms with Crippen LogP contribution in [0.15, 0.2) is 18.2 Å². The number of anilines is 1. The van der Waals surface area contributed by atoms with Crippen molar-refractivity contribution < 1.29 is 22.7 Å². The third kappa shape index (κ3) is 4.49. The summed E-state index contributed by atoms with van der Waals surface area (Å²) in [7, 11) is -1.75. The summed E-state index contributed by atoms with van der Waals surface area (Å²) >= 11 is 0. The molecule has 1 aliphatic rings. The van der Waals surface area contributed by atoms with E-state index in [0.717, 1.165) is 0 Å². The Kier molecular flexibility index (Phi) is 6.02. The molecule has 0 bridgehead atoms. The molecule has 9 heteroatoms. The molecule has 0 saturated carbocycles. The zero-order valence-corrected chi connectivity index (χ0v) is 15.4. The molecule has 2 rings (SSSR count). The van der Waals surface area contributed by atoms with Gasteiger partial charge in [0, 0.05) is 38.7 Å². The number of sulfonamides is 1. The number of hydrogen-bond donors (Lipinski definition) is 1. The smallest absolute Gasteiger partial charge is 0.254 e. The minimum absolute atomic E-state index is 0.0551. The topological polar surface area (TPSA) is 96.0 Å². The number of rotatable bonds is 5. The lowest BCUT2D eigenvalue weighted by atomic mass is 10.1. The lowest BCUT2D eigenvalue weighted by molar-refractivity contribution is -0.114. The molecule has 0 atom stereocenters. The quantitative estimate of drug-likeness (QED) is 0.827. The first-order chi connectivity index (χ1) is 11.8. The van der Waals surface area contributed by atoms with Gasteiger partial charge in [0.2, 0.25) is 15.9 Å². The second kappa shape index (κ2) is 7.83. The van der Waals surface area contributed by atoms with Crippen LogP contribution in [-0.2, 0) is 14.8 Å². The van der Waals surface area contributed by atoms with Gasteiger partial charge in [-0.15, -0.1) is 0 Å². The molecule has 0 aliphatic carbocycles. The van der Waals surface area contributed by atoms with Crippen LogP contribution in [0.2, 0.25) is 0 Å². The normalized spacial score (nSPS) is 15.7. The first kappa shape index (κ1) is 19.2. The Labute approximate surface area is 147 Å². The van der Waals surface area contributed by atoms with Gasteiger partial charge in [-0.05, 0) is 25.1 Å². The molecular formula is C16H23N3O5S. The highest BCUT2D eigenvalue weighted by Crippen LogP contribution is 2.26. The average Bonchev–Trinajstić information content (AvgIpc) is 2.60. The number of hydrogen-bond acceptors (Lipinski definition) is 5. The second-order valence-electron chi connectivity index (χ2n) is 5.69. The molecule has 138 valence electrons. The minimum atomic E-state index is -3.23. The molecule has 2 amide bonds. The maximum atomic E-state index is 12.7. The van der Waals surface area contributed by atoms with Crippen molar-refractivity contribution in [2.45, 2.75) is 13.8 Å². The predicted molar refractivity (Wildman–Crippen MR) is 94.2 cm³/mol. The van der Waals surface area contributed by atoms with Crippen molar-refractivity contribution in [1.29, 1.82) is 0 Å². The molecule has 1 heterocycles. The Balaban J connectivity index is 2.12. The van der Waals surface area contributed by atoms with Gasteiger partial charge in [0.1, 0.15) is 5.75 Å². The summed E-state index contributed by atoms with van der Waals surface area (Å²) < 4.78 is 30.4. The van der Waals surface area contributed by atoms with Crippen molar-refractivity contribution in [2.24, 2.45) is 0 Å². The number of ether oxygens (including phenoxy) is 1. The molecule has 1 aromatic rings. The highest BCUT2D eigenvalue weighted by Gasteiger charge is 2.28. The first-order valence-corrected chi connectivity index (χ1v) is 9.62. The van der Waals surface area contributed by atoms with Gasteiger partial charge in [0.05, 0.1) is 18.6 Å². The lowest BCUT2D eigenvalue weighted by Crippen LogP contribution is -2.50. The highest BCUT2D eigenvalue weighted by molar-refractivity contribution is 7.89.